The second kappa shape index (κ2) is 7.12. The molecule has 0 radical (unpaired) electrons. The Morgan fingerprint density at radius 3 is 2.56 bits per heavy atom. The number of nitrogens with zero attached hydrogens (tertiary/aromatic N) is 2. The van der Waals surface area contributed by atoms with Gasteiger partial charge in [0.2, 0.25) is 5.91 Å². The lowest BCUT2D eigenvalue weighted by atomic mass is 10.2. The van der Waals surface area contributed by atoms with Gasteiger partial charge in [-0.2, -0.15) is 0 Å². The fraction of sp³-hybridized carbons (Fsp3) is 0.118. The molecule has 1 amide bonds. The first-order chi connectivity index (χ1) is 12.9. The molecule has 0 unspecified atom stereocenters. The van der Waals surface area contributed by atoms with Gasteiger partial charge in [-0.05, 0) is 30.3 Å². The third-order valence-corrected chi connectivity index (χ3v) is 3.75. The van der Waals surface area contributed by atoms with Gasteiger partial charge in [0, 0.05) is 11.8 Å². The summed E-state index contributed by atoms with van der Waals surface area (Å²) in [6.45, 7) is -0.345. The average Bonchev–Trinajstić information content (AvgIpc) is 2.96. The lowest BCUT2D eigenvalue weighted by molar-refractivity contribution is -0.384. The van der Waals surface area contributed by atoms with Crippen LogP contribution < -0.4 is 11.1 Å². The number of esters is 1. The molecule has 10 heteroatoms. The number of carbonyl (C=O) groups is 2. The van der Waals surface area contributed by atoms with Crippen molar-refractivity contribution in [3.05, 3.63) is 68.7 Å². The summed E-state index contributed by atoms with van der Waals surface area (Å²) < 4.78 is 10.6. The van der Waals surface area contributed by atoms with Crippen LogP contribution >= 0.6 is 0 Å². The molecule has 1 N–H and O–H groups in total. The molecular weight excluding hydrogens is 358 g/mol. The number of nitro benzene ring substituents is 1. The summed E-state index contributed by atoms with van der Waals surface area (Å²) in [6.07, 6.45) is 0. The number of amides is 1. The van der Waals surface area contributed by atoms with Crippen molar-refractivity contribution in [1.82, 2.24) is 4.57 Å². The number of oxazole rings is 1. The molecule has 0 aliphatic rings. The number of anilines is 1. The van der Waals surface area contributed by atoms with Gasteiger partial charge < -0.3 is 14.5 Å². The molecule has 3 rings (SSSR count). The highest BCUT2D eigenvalue weighted by Crippen LogP contribution is 2.20. The fourth-order valence-corrected chi connectivity index (χ4v) is 2.47. The summed E-state index contributed by atoms with van der Waals surface area (Å²) in [5.74, 6) is -1.82. The van der Waals surface area contributed by atoms with Gasteiger partial charge in [0.05, 0.1) is 29.2 Å². The number of ether oxygens (including phenoxy) is 1. The first-order valence-corrected chi connectivity index (χ1v) is 7.65. The highest BCUT2D eigenvalue weighted by molar-refractivity contribution is 5.93. The van der Waals surface area contributed by atoms with Crippen molar-refractivity contribution in [1.29, 1.82) is 0 Å². The van der Waals surface area contributed by atoms with Crippen LogP contribution in [0, 0.1) is 10.1 Å². The van der Waals surface area contributed by atoms with Crippen LogP contribution in [0.4, 0.5) is 11.4 Å². The number of benzene rings is 2. The molecule has 10 nitrogen and oxygen atoms in total. The first kappa shape index (κ1) is 17.9. The minimum Gasteiger partial charge on any atom is -0.465 e. The van der Waals surface area contributed by atoms with Crippen molar-refractivity contribution in [3.63, 3.8) is 0 Å². The summed E-state index contributed by atoms with van der Waals surface area (Å²) in [5, 5.41) is 13.4. The van der Waals surface area contributed by atoms with Crippen molar-refractivity contribution in [3.8, 4) is 0 Å². The Bertz CT molecular complexity index is 1100. The number of nitro groups is 1. The number of rotatable bonds is 5. The smallest absolute Gasteiger partial charge is 0.420 e. The second-order valence-corrected chi connectivity index (χ2v) is 5.48. The topological polar surface area (TPSA) is 134 Å². The average molecular weight is 371 g/mol. The third kappa shape index (κ3) is 3.68. The molecule has 0 saturated carbocycles. The predicted molar refractivity (Wildman–Crippen MR) is 93.5 cm³/mol. The van der Waals surface area contributed by atoms with E-state index in [2.05, 4.69) is 10.1 Å². The van der Waals surface area contributed by atoms with Crippen LogP contribution in [0.25, 0.3) is 11.1 Å². The molecule has 0 aliphatic heterocycles. The predicted octanol–water partition coefficient (Wildman–Crippen LogP) is 1.93. The van der Waals surface area contributed by atoms with Crippen molar-refractivity contribution >= 4 is 34.4 Å². The van der Waals surface area contributed by atoms with Crippen molar-refractivity contribution < 1.29 is 23.7 Å². The molecule has 0 spiro atoms. The molecule has 0 fully saturated rings. The maximum atomic E-state index is 12.2. The van der Waals surface area contributed by atoms with E-state index in [1.165, 1.54) is 43.5 Å². The zero-order valence-corrected chi connectivity index (χ0v) is 14.0. The van der Waals surface area contributed by atoms with Gasteiger partial charge in [-0.25, -0.2) is 9.59 Å². The number of hydrogen-bond acceptors (Lipinski definition) is 7. The van der Waals surface area contributed by atoms with E-state index in [0.29, 0.717) is 11.3 Å². The number of nitrogens with one attached hydrogen (secondary N) is 1. The van der Waals surface area contributed by atoms with Gasteiger partial charge in [0.15, 0.2) is 5.58 Å². The number of aromatic nitrogens is 1. The molecule has 1 heterocycles. The highest BCUT2D eigenvalue weighted by atomic mass is 16.6. The molecule has 27 heavy (non-hydrogen) atoms. The van der Waals surface area contributed by atoms with Crippen LogP contribution in [-0.2, 0) is 16.1 Å². The van der Waals surface area contributed by atoms with E-state index in [9.17, 15) is 24.5 Å². The Morgan fingerprint density at radius 1 is 1.22 bits per heavy atom. The summed E-state index contributed by atoms with van der Waals surface area (Å²) in [5.41, 5.74) is 0.808. The van der Waals surface area contributed by atoms with Crippen LogP contribution in [0.15, 0.2) is 51.7 Å². The molecular formula is C17H13N3O7. The Morgan fingerprint density at radius 2 is 1.93 bits per heavy atom. The normalized spacial score (nSPS) is 10.6. The maximum absolute atomic E-state index is 12.2. The lowest BCUT2D eigenvalue weighted by Crippen LogP contribution is -2.24. The summed E-state index contributed by atoms with van der Waals surface area (Å²) in [4.78, 5) is 45.7. The van der Waals surface area contributed by atoms with Crippen LogP contribution in [-0.4, -0.2) is 28.5 Å². The number of non-ortho nitro benzene ring substituents is 1. The van der Waals surface area contributed by atoms with Crippen LogP contribution in [0.5, 0.6) is 0 Å². The maximum Gasteiger partial charge on any atom is 0.420 e. The van der Waals surface area contributed by atoms with E-state index >= 15 is 0 Å². The van der Waals surface area contributed by atoms with Crippen LogP contribution in [0.1, 0.15) is 10.4 Å². The summed E-state index contributed by atoms with van der Waals surface area (Å²) >= 11 is 0. The molecule has 0 bridgehead atoms. The minimum atomic E-state index is -0.804. The van der Waals surface area contributed by atoms with Gasteiger partial charge in [0.25, 0.3) is 5.69 Å². The Kier molecular flexibility index (Phi) is 4.71. The SMILES string of the molecule is COC(=O)c1ccc(NC(=O)Cn2c(=O)oc3cc([N+](=O)[O-])ccc32)cc1. The Balaban J connectivity index is 1.78. The number of hydrogen-bond donors (Lipinski definition) is 1. The number of fused-ring (bicyclic) bond motifs is 1. The van der Waals surface area contributed by atoms with Crippen LogP contribution in [0.3, 0.4) is 0 Å². The molecule has 0 saturated heterocycles. The second-order valence-electron chi connectivity index (χ2n) is 5.48. The van der Waals surface area contributed by atoms with E-state index in [-0.39, 0.29) is 23.3 Å². The minimum absolute atomic E-state index is 0.0180. The van der Waals surface area contributed by atoms with Gasteiger partial charge in [-0.1, -0.05) is 0 Å². The fourth-order valence-electron chi connectivity index (χ4n) is 2.47. The molecule has 0 atom stereocenters. The van der Waals surface area contributed by atoms with Gasteiger partial charge in [-0.3, -0.25) is 19.5 Å². The summed E-state index contributed by atoms with van der Waals surface area (Å²) in [7, 11) is 1.26. The van der Waals surface area contributed by atoms with Gasteiger partial charge >= 0.3 is 11.7 Å². The van der Waals surface area contributed by atoms with E-state index < -0.39 is 22.6 Å². The van der Waals surface area contributed by atoms with E-state index in [1.54, 1.807) is 0 Å². The zero-order chi connectivity index (χ0) is 19.6. The lowest BCUT2D eigenvalue weighted by Gasteiger charge is -2.06. The monoisotopic (exact) mass is 371 g/mol. The van der Waals surface area contributed by atoms with E-state index in [4.69, 9.17) is 4.42 Å². The Hall–Kier alpha value is -3.95. The highest BCUT2D eigenvalue weighted by Gasteiger charge is 2.16. The molecule has 0 aliphatic carbocycles. The van der Waals surface area contributed by atoms with E-state index in [0.717, 1.165) is 10.6 Å². The molecule has 138 valence electrons. The Labute approximate surface area is 151 Å². The quantitative estimate of drug-likeness (QED) is 0.411. The number of carbonyl (C=O) groups excluding carboxylic acids is 2. The largest absolute Gasteiger partial charge is 0.465 e. The van der Waals surface area contributed by atoms with Crippen LogP contribution in [0.2, 0.25) is 0 Å². The van der Waals surface area contributed by atoms with Gasteiger partial charge in [0.1, 0.15) is 6.54 Å². The van der Waals surface area contributed by atoms with Gasteiger partial charge in [-0.15, -0.1) is 0 Å². The standard InChI is InChI=1S/C17H13N3O7/c1-26-16(22)10-2-4-11(5-3-10)18-15(21)9-19-13-7-6-12(20(24)25)8-14(13)27-17(19)23/h2-8H,9H2,1H3,(H,18,21). The van der Waals surface area contributed by atoms with E-state index in [1.807, 2.05) is 0 Å². The van der Waals surface area contributed by atoms with Crippen molar-refractivity contribution in [2.45, 2.75) is 6.54 Å². The van der Waals surface area contributed by atoms with Crippen molar-refractivity contribution in [2.75, 3.05) is 12.4 Å². The zero-order valence-electron chi connectivity index (χ0n) is 14.0. The third-order valence-electron chi connectivity index (χ3n) is 3.75. The molecule has 3 aromatic rings. The summed E-state index contributed by atoms with van der Waals surface area (Å²) in [6, 6.07) is 9.69. The van der Waals surface area contributed by atoms with Crippen molar-refractivity contribution in [2.24, 2.45) is 0 Å². The molecule has 2 aromatic carbocycles. The molecule has 1 aromatic heterocycles. The number of methoxy groups -OCH3 is 1. The first-order valence-electron chi connectivity index (χ1n) is 7.65.